The molecular formula is C25H26ClN5O3S. The molecule has 0 fully saturated rings. The second kappa shape index (κ2) is 10.6. The number of nitrogens with one attached hydrogen (secondary N) is 2. The van der Waals surface area contributed by atoms with E-state index >= 15 is 0 Å². The van der Waals surface area contributed by atoms with Crippen LogP contribution >= 0.6 is 11.6 Å². The van der Waals surface area contributed by atoms with E-state index in [0.717, 1.165) is 22.3 Å². The van der Waals surface area contributed by atoms with E-state index in [9.17, 15) is 8.42 Å². The third-order valence-electron chi connectivity index (χ3n) is 5.32. The Balaban J connectivity index is 1.71. The van der Waals surface area contributed by atoms with E-state index in [-0.39, 0.29) is 12.4 Å². The monoisotopic (exact) mass is 511 g/mol. The van der Waals surface area contributed by atoms with Gasteiger partial charge in [-0.1, -0.05) is 41.9 Å². The molecule has 0 spiro atoms. The topological polar surface area (TPSA) is 96.5 Å². The first-order valence-corrected chi connectivity index (χ1v) is 12.8. The summed E-state index contributed by atoms with van der Waals surface area (Å²) >= 11 is 6.24. The average molecular weight is 512 g/mol. The zero-order valence-electron chi connectivity index (χ0n) is 19.6. The number of benzene rings is 3. The van der Waals surface area contributed by atoms with Gasteiger partial charge in [-0.25, -0.2) is 17.7 Å². The van der Waals surface area contributed by atoms with E-state index in [1.807, 2.05) is 54.6 Å². The lowest BCUT2D eigenvalue weighted by molar-refractivity contribution is 0.185. The molecule has 10 heteroatoms. The fourth-order valence-corrected chi connectivity index (χ4v) is 4.54. The number of fused-ring (bicyclic) bond motifs is 1. The Morgan fingerprint density at radius 3 is 2.46 bits per heavy atom. The van der Waals surface area contributed by atoms with Crippen molar-refractivity contribution in [2.45, 2.75) is 12.4 Å². The van der Waals surface area contributed by atoms with E-state index in [0.29, 0.717) is 27.9 Å². The fraction of sp³-hybridized carbons (Fsp3) is 0.200. The normalized spacial score (nSPS) is 11.7. The molecule has 0 aliphatic rings. The Morgan fingerprint density at radius 2 is 1.74 bits per heavy atom. The van der Waals surface area contributed by atoms with Gasteiger partial charge in [0.05, 0.1) is 17.9 Å². The second-order valence-electron chi connectivity index (χ2n) is 8.14. The van der Waals surface area contributed by atoms with Crippen LogP contribution in [0.5, 0.6) is 0 Å². The maximum atomic E-state index is 12.3. The maximum Gasteiger partial charge on any atom is 0.229 e. The number of methoxy groups -OCH3 is 1. The van der Waals surface area contributed by atoms with Crippen LogP contribution in [-0.2, 0) is 27.1 Å². The molecule has 2 N–H and O–H groups in total. The average Bonchev–Trinajstić information content (AvgIpc) is 2.82. The van der Waals surface area contributed by atoms with Crippen LogP contribution in [0.15, 0.2) is 66.7 Å². The molecular weight excluding hydrogens is 486 g/mol. The lowest BCUT2D eigenvalue weighted by atomic mass is 10.1. The molecule has 0 amide bonds. The van der Waals surface area contributed by atoms with Crippen molar-refractivity contribution in [1.82, 2.24) is 14.3 Å². The Hall–Kier alpha value is -3.24. The summed E-state index contributed by atoms with van der Waals surface area (Å²) in [5.74, 6) is 0.882. The van der Waals surface area contributed by atoms with Crippen molar-refractivity contribution in [2.75, 3.05) is 31.8 Å². The Bertz CT molecular complexity index is 1450. The van der Waals surface area contributed by atoms with Crippen LogP contribution in [0.2, 0.25) is 5.02 Å². The van der Waals surface area contributed by atoms with Crippen molar-refractivity contribution >= 4 is 55.7 Å². The highest BCUT2D eigenvalue weighted by molar-refractivity contribution is 7.88. The molecule has 1 aromatic heterocycles. The molecule has 35 heavy (non-hydrogen) atoms. The highest BCUT2D eigenvalue weighted by Crippen LogP contribution is 2.30. The SMILES string of the molecule is COCc1cc(CS(=O)(=O)N(C)C)ccc1Nc1nc(Nc2ccccc2)c2cc(Cl)ccc2n1. The summed E-state index contributed by atoms with van der Waals surface area (Å²) in [6.07, 6.45) is 0. The number of nitrogens with zero attached hydrogens (tertiary/aromatic N) is 3. The van der Waals surface area contributed by atoms with E-state index < -0.39 is 10.0 Å². The Morgan fingerprint density at radius 1 is 0.971 bits per heavy atom. The summed E-state index contributed by atoms with van der Waals surface area (Å²) in [4.78, 5) is 9.36. The zero-order chi connectivity index (χ0) is 25.0. The highest BCUT2D eigenvalue weighted by atomic mass is 35.5. The number of aromatic nitrogens is 2. The minimum absolute atomic E-state index is 0.102. The van der Waals surface area contributed by atoms with Crippen LogP contribution in [0.3, 0.4) is 0 Å². The minimum Gasteiger partial charge on any atom is -0.380 e. The molecule has 0 atom stereocenters. The number of hydrogen-bond acceptors (Lipinski definition) is 7. The Kier molecular flexibility index (Phi) is 7.51. The maximum absolute atomic E-state index is 12.3. The third kappa shape index (κ3) is 6.07. The largest absolute Gasteiger partial charge is 0.380 e. The molecule has 0 saturated heterocycles. The Labute approximate surface area is 210 Å². The predicted octanol–water partition coefficient (Wildman–Crippen LogP) is 5.31. The van der Waals surface area contributed by atoms with Crippen LogP contribution in [-0.4, -0.2) is 43.9 Å². The van der Waals surface area contributed by atoms with Gasteiger partial charge in [0.1, 0.15) is 5.82 Å². The van der Waals surface area contributed by atoms with E-state index in [1.165, 1.54) is 18.4 Å². The summed E-state index contributed by atoms with van der Waals surface area (Å²) in [6, 6.07) is 20.6. The molecule has 4 rings (SSSR count). The number of rotatable bonds is 9. The van der Waals surface area contributed by atoms with Crippen molar-refractivity contribution < 1.29 is 13.2 Å². The fourth-order valence-electron chi connectivity index (χ4n) is 3.50. The van der Waals surface area contributed by atoms with Crippen LogP contribution in [0.1, 0.15) is 11.1 Å². The summed E-state index contributed by atoms with van der Waals surface area (Å²) in [6.45, 7) is 0.288. The number of ether oxygens (including phenoxy) is 1. The number of para-hydroxylation sites is 1. The number of sulfonamides is 1. The summed E-state index contributed by atoms with van der Waals surface area (Å²) in [5.41, 5.74) is 3.77. The molecule has 0 bridgehead atoms. The van der Waals surface area contributed by atoms with Gasteiger partial charge in [0.2, 0.25) is 16.0 Å². The van der Waals surface area contributed by atoms with Crippen molar-refractivity contribution in [3.05, 3.63) is 82.9 Å². The first kappa shape index (κ1) is 24.9. The highest BCUT2D eigenvalue weighted by Gasteiger charge is 2.17. The summed E-state index contributed by atoms with van der Waals surface area (Å²) in [5, 5.41) is 7.98. The number of hydrogen-bond donors (Lipinski definition) is 2. The molecule has 0 aliphatic carbocycles. The van der Waals surface area contributed by atoms with E-state index in [1.54, 1.807) is 19.2 Å². The number of halogens is 1. The smallest absolute Gasteiger partial charge is 0.229 e. The van der Waals surface area contributed by atoms with Crippen molar-refractivity contribution in [2.24, 2.45) is 0 Å². The molecule has 4 aromatic rings. The zero-order valence-corrected chi connectivity index (χ0v) is 21.2. The molecule has 182 valence electrons. The van der Waals surface area contributed by atoms with Crippen LogP contribution in [0.25, 0.3) is 10.9 Å². The lowest BCUT2D eigenvalue weighted by Gasteiger charge is -2.16. The first-order chi connectivity index (χ1) is 16.7. The molecule has 1 heterocycles. The van der Waals surface area contributed by atoms with Crippen molar-refractivity contribution in [3.63, 3.8) is 0 Å². The van der Waals surface area contributed by atoms with Crippen LogP contribution in [0.4, 0.5) is 23.1 Å². The van der Waals surface area contributed by atoms with Gasteiger partial charge in [-0.15, -0.1) is 0 Å². The third-order valence-corrected chi connectivity index (χ3v) is 7.36. The van der Waals surface area contributed by atoms with Gasteiger partial charge in [-0.2, -0.15) is 4.98 Å². The first-order valence-electron chi connectivity index (χ1n) is 10.8. The summed E-state index contributed by atoms with van der Waals surface area (Å²) in [7, 11) is 1.24. The minimum atomic E-state index is -3.39. The van der Waals surface area contributed by atoms with Gasteiger partial charge in [-0.05, 0) is 42.0 Å². The van der Waals surface area contributed by atoms with Gasteiger partial charge in [0.15, 0.2) is 0 Å². The van der Waals surface area contributed by atoms with Gasteiger partial charge < -0.3 is 15.4 Å². The predicted molar refractivity (Wildman–Crippen MR) is 141 cm³/mol. The van der Waals surface area contributed by atoms with Crippen LogP contribution in [0, 0.1) is 0 Å². The van der Waals surface area contributed by atoms with E-state index in [2.05, 4.69) is 15.6 Å². The molecule has 8 nitrogen and oxygen atoms in total. The van der Waals surface area contributed by atoms with Crippen molar-refractivity contribution in [1.29, 1.82) is 0 Å². The molecule has 3 aromatic carbocycles. The van der Waals surface area contributed by atoms with Gasteiger partial charge in [0.25, 0.3) is 0 Å². The van der Waals surface area contributed by atoms with Gasteiger partial charge >= 0.3 is 0 Å². The number of anilines is 4. The lowest BCUT2D eigenvalue weighted by Crippen LogP contribution is -2.23. The van der Waals surface area contributed by atoms with Crippen molar-refractivity contribution in [3.8, 4) is 0 Å². The molecule has 0 saturated carbocycles. The second-order valence-corrected chi connectivity index (χ2v) is 10.8. The molecule has 0 unspecified atom stereocenters. The standard InChI is InChI=1S/C25H26ClN5O3S/c1-31(2)35(32,33)16-17-9-11-22(18(13-17)15-34-3)28-25-29-23-12-10-19(26)14-21(23)24(30-25)27-20-7-5-4-6-8-20/h4-14H,15-16H2,1-3H3,(H2,27,28,29,30). The molecule has 0 radical (unpaired) electrons. The summed E-state index contributed by atoms with van der Waals surface area (Å²) < 4.78 is 31.2. The van der Waals surface area contributed by atoms with Gasteiger partial charge in [-0.3, -0.25) is 0 Å². The van der Waals surface area contributed by atoms with E-state index in [4.69, 9.17) is 21.3 Å². The quantitative estimate of drug-likeness (QED) is 0.314. The molecule has 0 aliphatic heterocycles. The van der Waals surface area contributed by atoms with Gasteiger partial charge in [0, 0.05) is 48.6 Å². The van der Waals surface area contributed by atoms with Crippen LogP contribution < -0.4 is 10.6 Å².